The molecule has 2 aliphatic rings. The summed E-state index contributed by atoms with van der Waals surface area (Å²) in [4.78, 5) is 7.08. The number of aryl methyl sites for hydroxylation is 1. The quantitative estimate of drug-likeness (QED) is 0.278. The van der Waals surface area contributed by atoms with E-state index in [1.54, 1.807) is 0 Å². The lowest BCUT2D eigenvalue weighted by Crippen LogP contribution is -2.45. The fourth-order valence-electron chi connectivity index (χ4n) is 4.41. The van der Waals surface area contributed by atoms with E-state index in [0.29, 0.717) is 6.04 Å². The summed E-state index contributed by atoms with van der Waals surface area (Å²) >= 11 is 0. The van der Waals surface area contributed by atoms with Gasteiger partial charge in [-0.25, -0.2) is 0 Å². The molecular formula is C20H32IN7. The van der Waals surface area contributed by atoms with Gasteiger partial charge in [0, 0.05) is 51.4 Å². The summed E-state index contributed by atoms with van der Waals surface area (Å²) in [6.07, 6.45) is 10.7. The van der Waals surface area contributed by atoms with Crippen LogP contribution >= 0.6 is 24.0 Å². The first-order chi connectivity index (χ1) is 13.3. The lowest BCUT2D eigenvalue weighted by atomic mass is 10.2. The van der Waals surface area contributed by atoms with E-state index in [2.05, 4.69) is 35.1 Å². The molecule has 2 N–H and O–H groups in total. The number of guanidine groups is 1. The van der Waals surface area contributed by atoms with Crippen molar-refractivity contribution in [3.8, 4) is 0 Å². The minimum atomic E-state index is 0. The first-order valence-corrected chi connectivity index (χ1v) is 10.3. The smallest absolute Gasteiger partial charge is 0.191 e. The molecule has 0 amide bonds. The predicted molar refractivity (Wildman–Crippen MR) is 123 cm³/mol. The molecule has 2 fully saturated rings. The number of aliphatic imine (C=N–C) groups is 1. The van der Waals surface area contributed by atoms with Gasteiger partial charge < -0.3 is 10.6 Å². The highest BCUT2D eigenvalue weighted by Crippen LogP contribution is 2.26. The fourth-order valence-corrected chi connectivity index (χ4v) is 4.41. The maximum atomic E-state index is 4.40. The number of halogens is 1. The first kappa shape index (κ1) is 21.3. The van der Waals surface area contributed by atoms with E-state index in [4.69, 9.17) is 0 Å². The molecule has 1 saturated heterocycles. The number of hydrogen-bond donors (Lipinski definition) is 2. The predicted octanol–water partition coefficient (Wildman–Crippen LogP) is 2.46. The lowest BCUT2D eigenvalue weighted by molar-refractivity contribution is 0.242. The van der Waals surface area contributed by atoms with E-state index in [9.17, 15) is 0 Å². The van der Waals surface area contributed by atoms with Gasteiger partial charge >= 0.3 is 0 Å². The van der Waals surface area contributed by atoms with Gasteiger partial charge in [0.1, 0.15) is 5.82 Å². The van der Waals surface area contributed by atoms with Crippen LogP contribution in [0.1, 0.15) is 44.3 Å². The molecular weight excluding hydrogens is 465 g/mol. The molecule has 154 valence electrons. The van der Waals surface area contributed by atoms with E-state index < -0.39 is 0 Å². The Morgan fingerprint density at radius 3 is 2.89 bits per heavy atom. The third-order valence-electron chi connectivity index (χ3n) is 5.88. The normalized spacial score (nSPS) is 21.2. The maximum Gasteiger partial charge on any atom is 0.191 e. The molecule has 2 aromatic heterocycles. The summed E-state index contributed by atoms with van der Waals surface area (Å²) in [5.41, 5.74) is 0.908. The number of fused-ring (bicyclic) bond motifs is 1. The topological polar surface area (TPSA) is 69.8 Å². The summed E-state index contributed by atoms with van der Waals surface area (Å²) in [6.45, 7) is 3.25. The number of nitrogens with zero attached hydrogens (tertiary/aromatic N) is 5. The largest absolute Gasteiger partial charge is 0.356 e. The van der Waals surface area contributed by atoms with Crippen molar-refractivity contribution in [2.45, 2.75) is 57.0 Å². The standard InChI is InChI=1S/C20H31N7.HI/c1-21-20(23-16-11-14-26(15-16)17-7-2-3-8-17)22-12-6-10-19-25-24-18-9-4-5-13-27(18)19;/h4-5,9,13,16-17H,2-3,6-8,10-12,14-15H2,1H3,(H2,21,22,23);1H. The van der Waals surface area contributed by atoms with E-state index in [-0.39, 0.29) is 24.0 Å². The Labute approximate surface area is 184 Å². The lowest BCUT2D eigenvalue weighted by Gasteiger charge is -2.24. The van der Waals surface area contributed by atoms with Gasteiger partial charge in [-0.2, -0.15) is 0 Å². The number of hydrogen-bond acceptors (Lipinski definition) is 4. The van der Waals surface area contributed by atoms with Crippen LogP contribution in [0.3, 0.4) is 0 Å². The number of nitrogens with one attached hydrogen (secondary N) is 2. The van der Waals surface area contributed by atoms with Crippen LogP contribution in [0, 0.1) is 0 Å². The van der Waals surface area contributed by atoms with Gasteiger partial charge in [-0.05, 0) is 37.8 Å². The zero-order chi connectivity index (χ0) is 18.5. The van der Waals surface area contributed by atoms with Crippen LogP contribution in [-0.4, -0.2) is 64.2 Å². The Morgan fingerprint density at radius 1 is 1.21 bits per heavy atom. The molecule has 0 bridgehead atoms. The minimum Gasteiger partial charge on any atom is -0.356 e. The second kappa shape index (κ2) is 10.4. The molecule has 8 heteroatoms. The third-order valence-corrected chi connectivity index (χ3v) is 5.88. The molecule has 4 rings (SSSR count). The van der Waals surface area contributed by atoms with Crippen molar-refractivity contribution in [2.24, 2.45) is 4.99 Å². The van der Waals surface area contributed by atoms with Crippen molar-refractivity contribution in [1.29, 1.82) is 0 Å². The number of aromatic nitrogens is 3. The Hall–Kier alpha value is -1.42. The van der Waals surface area contributed by atoms with Crippen LogP contribution in [0.15, 0.2) is 29.4 Å². The second-order valence-electron chi connectivity index (χ2n) is 7.71. The average Bonchev–Trinajstić information content (AvgIpc) is 3.45. The average molecular weight is 497 g/mol. The number of likely N-dealkylation sites (tertiary alicyclic amines) is 1. The van der Waals surface area contributed by atoms with E-state index in [1.807, 2.05) is 31.4 Å². The molecule has 28 heavy (non-hydrogen) atoms. The molecule has 1 aliphatic carbocycles. The van der Waals surface area contributed by atoms with Crippen molar-refractivity contribution >= 4 is 35.6 Å². The van der Waals surface area contributed by atoms with Gasteiger partial charge in [-0.3, -0.25) is 14.3 Å². The van der Waals surface area contributed by atoms with Crippen molar-refractivity contribution < 1.29 is 0 Å². The SMILES string of the molecule is CN=C(NCCCc1nnc2ccccn12)NC1CCN(C2CCCC2)C1.I. The van der Waals surface area contributed by atoms with Crippen LogP contribution in [-0.2, 0) is 6.42 Å². The zero-order valence-corrected chi connectivity index (χ0v) is 19.0. The van der Waals surface area contributed by atoms with Crippen LogP contribution in [0.25, 0.3) is 5.65 Å². The van der Waals surface area contributed by atoms with Gasteiger partial charge in [0.2, 0.25) is 0 Å². The Balaban J connectivity index is 0.00000225. The molecule has 1 aliphatic heterocycles. The molecule has 7 nitrogen and oxygen atoms in total. The molecule has 1 saturated carbocycles. The van der Waals surface area contributed by atoms with Gasteiger partial charge in [0.15, 0.2) is 11.6 Å². The van der Waals surface area contributed by atoms with Crippen molar-refractivity contribution in [3.63, 3.8) is 0 Å². The van der Waals surface area contributed by atoms with Gasteiger partial charge in [-0.1, -0.05) is 18.9 Å². The molecule has 1 atom stereocenters. The molecule has 0 radical (unpaired) electrons. The van der Waals surface area contributed by atoms with Crippen molar-refractivity contribution in [1.82, 2.24) is 30.1 Å². The Kier molecular flexibility index (Phi) is 7.90. The molecule has 3 heterocycles. The fraction of sp³-hybridized carbons (Fsp3) is 0.650. The van der Waals surface area contributed by atoms with Crippen LogP contribution in [0.4, 0.5) is 0 Å². The third kappa shape index (κ3) is 5.14. The Bertz CT molecular complexity index is 769. The van der Waals surface area contributed by atoms with Gasteiger partial charge in [-0.15, -0.1) is 34.2 Å². The highest BCUT2D eigenvalue weighted by Gasteiger charge is 2.30. The van der Waals surface area contributed by atoms with E-state index in [0.717, 1.165) is 49.4 Å². The minimum absolute atomic E-state index is 0. The van der Waals surface area contributed by atoms with E-state index in [1.165, 1.54) is 38.6 Å². The maximum absolute atomic E-state index is 4.40. The van der Waals surface area contributed by atoms with Gasteiger partial charge in [0.05, 0.1) is 0 Å². The molecule has 0 aromatic carbocycles. The molecule has 0 spiro atoms. The van der Waals surface area contributed by atoms with Crippen LogP contribution in [0.2, 0.25) is 0 Å². The number of pyridine rings is 1. The molecule has 2 aromatic rings. The highest BCUT2D eigenvalue weighted by molar-refractivity contribution is 14.0. The molecule has 1 unspecified atom stereocenters. The Morgan fingerprint density at radius 2 is 2.07 bits per heavy atom. The van der Waals surface area contributed by atoms with Crippen LogP contribution in [0.5, 0.6) is 0 Å². The highest BCUT2D eigenvalue weighted by atomic mass is 127. The monoisotopic (exact) mass is 497 g/mol. The van der Waals surface area contributed by atoms with Crippen LogP contribution < -0.4 is 10.6 Å². The zero-order valence-electron chi connectivity index (χ0n) is 16.7. The summed E-state index contributed by atoms with van der Waals surface area (Å²) < 4.78 is 2.06. The van der Waals surface area contributed by atoms with Crippen molar-refractivity contribution in [2.75, 3.05) is 26.7 Å². The summed E-state index contributed by atoms with van der Waals surface area (Å²) in [5.74, 6) is 1.93. The number of rotatable bonds is 6. The van der Waals surface area contributed by atoms with Gasteiger partial charge in [0.25, 0.3) is 0 Å². The summed E-state index contributed by atoms with van der Waals surface area (Å²) in [7, 11) is 1.85. The summed E-state index contributed by atoms with van der Waals surface area (Å²) in [6, 6.07) is 7.32. The second-order valence-corrected chi connectivity index (χ2v) is 7.71. The van der Waals surface area contributed by atoms with E-state index >= 15 is 0 Å². The first-order valence-electron chi connectivity index (χ1n) is 10.3. The van der Waals surface area contributed by atoms with Crippen molar-refractivity contribution in [3.05, 3.63) is 30.2 Å². The summed E-state index contributed by atoms with van der Waals surface area (Å²) in [5, 5.41) is 15.6.